The Kier molecular flexibility index (Phi) is 6.21. The van der Waals surface area contributed by atoms with Crippen molar-refractivity contribution in [3.8, 4) is 0 Å². The van der Waals surface area contributed by atoms with Crippen molar-refractivity contribution in [1.82, 2.24) is 9.91 Å². The van der Waals surface area contributed by atoms with Gasteiger partial charge in [-0.1, -0.05) is 35.3 Å². The van der Waals surface area contributed by atoms with Gasteiger partial charge in [0.25, 0.3) is 0 Å². The van der Waals surface area contributed by atoms with E-state index in [1.54, 1.807) is 50.5 Å². The third kappa shape index (κ3) is 4.82. The van der Waals surface area contributed by atoms with Gasteiger partial charge < -0.3 is 10.2 Å². The molecule has 0 spiro atoms. The number of hydrogen-bond donors (Lipinski definition) is 1. The zero-order valence-corrected chi connectivity index (χ0v) is 17.0. The van der Waals surface area contributed by atoms with E-state index in [2.05, 4.69) is 10.4 Å². The summed E-state index contributed by atoms with van der Waals surface area (Å²) in [6.45, 7) is 0.316. The summed E-state index contributed by atoms with van der Waals surface area (Å²) < 4.78 is 0. The molecular weight excluding hydrogens is 399 g/mol. The molecule has 2 aromatic carbocycles. The molecule has 1 unspecified atom stereocenters. The molecule has 0 radical (unpaired) electrons. The highest BCUT2D eigenvalue weighted by Crippen LogP contribution is 2.25. The molecule has 1 heterocycles. The van der Waals surface area contributed by atoms with E-state index in [1.807, 2.05) is 12.1 Å². The van der Waals surface area contributed by atoms with Crippen LogP contribution in [0, 0.1) is 5.92 Å². The highest BCUT2D eigenvalue weighted by Gasteiger charge is 2.33. The first-order valence-corrected chi connectivity index (χ1v) is 9.48. The van der Waals surface area contributed by atoms with Crippen LogP contribution < -0.4 is 5.32 Å². The molecule has 6 nitrogen and oxygen atoms in total. The highest BCUT2D eigenvalue weighted by molar-refractivity contribution is 6.31. The van der Waals surface area contributed by atoms with Gasteiger partial charge >= 0.3 is 6.03 Å². The minimum atomic E-state index is -0.367. The highest BCUT2D eigenvalue weighted by atomic mass is 35.5. The van der Waals surface area contributed by atoms with Crippen LogP contribution in [0.25, 0.3) is 0 Å². The number of benzene rings is 2. The number of carbonyl (C=O) groups is 2. The summed E-state index contributed by atoms with van der Waals surface area (Å²) in [6.07, 6.45) is 0.263. The van der Waals surface area contributed by atoms with E-state index in [0.717, 1.165) is 5.56 Å². The number of urea groups is 1. The molecule has 0 bridgehead atoms. The van der Waals surface area contributed by atoms with Crippen LogP contribution in [-0.4, -0.2) is 48.2 Å². The van der Waals surface area contributed by atoms with Crippen LogP contribution in [0.3, 0.4) is 0 Å². The molecule has 2 aromatic rings. The zero-order chi connectivity index (χ0) is 20.3. The molecule has 3 amide bonds. The van der Waals surface area contributed by atoms with E-state index in [0.29, 0.717) is 28.0 Å². The van der Waals surface area contributed by atoms with Crippen LogP contribution in [0.15, 0.2) is 53.6 Å². The summed E-state index contributed by atoms with van der Waals surface area (Å²) in [5.41, 5.74) is 2.14. The lowest BCUT2D eigenvalue weighted by molar-refractivity contribution is -0.129. The fourth-order valence-electron chi connectivity index (χ4n) is 2.87. The molecule has 146 valence electrons. The second-order valence-electron chi connectivity index (χ2n) is 6.70. The first-order chi connectivity index (χ1) is 13.3. The van der Waals surface area contributed by atoms with E-state index in [9.17, 15) is 9.59 Å². The summed E-state index contributed by atoms with van der Waals surface area (Å²) in [6, 6.07) is 13.7. The van der Waals surface area contributed by atoms with Crippen molar-refractivity contribution in [2.75, 3.05) is 26.0 Å². The number of anilines is 1. The molecule has 28 heavy (non-hydrogen) atoms. The van der Waals surface area contributed by atoms with Gasteiger partial charge in [0.15, 0.2) is 0 Å². The molecule has 0 aromatic heterocycles. The summed E-state index contributed by atoms with van der Waals surface area (Å²) in [5.74, 6) is -0.223. The second kappa shape index (κ2) is 8.63. The van der Waals surface area contributed by atoms with Crippen LogP contribution >= 0.6 is 23.2 Å². The maximum atomic E-state index is 12.7. The number of nitrogens with one attached hydrogen (secondary N) is 1. The number of amides is 3. The predicted molar refractivity (Wildman–Crippen MR) is 112 cm³/mol. The maximum Gasteiger partial charge on any atom is 0.342 e. The van der Waals surface area contributed by atoms with Crippen molar-refractivity contribution in [3.05, 3.63) is 64.1 Å². The van der Waals surface area contributed by atoms with Gasteiger partial charge in [0.1, 0.15) is 0 Å². The van der Waals surface area contributed by atoms with Crippen molar-refractivity contribution in [3.63, 3.8) is 0 Å². The summed E-state index contributed by atoms with van der Waals surface area (Å²) in [7, 11) is 3.42. The van der Waals surface area contributed by atoms with Gasteiger partial charge in [-0.3, -0.25) is 4.79 Å². The standard InChI is InChI=1S/C20H20Cl2N4O2/c1-25(2)18(27)11-14-12-26(20(28)23-17-9-7-16(22)8-10-17)24-19(14)13-3-5-15(21)6-4-13/h3-10,14H,11-12H2,1-2H3,(H,23,28). The van der Waals surface area contributed by atoms with Crippen LogP contribution in [0.2, 0.25) is 10.0 Å². The maximum absolute atomic E-state index is 12.7. The van der Waals surface area contributed by atoms with E-state index in [4.69, 9.17) is 23.2 Å². The Bertz CT molecular complexity index is 895. The Morgan fingerprint density at radius 3 is 2.21 bits per heavy atom. The molecular formula is C20H20Cl2N4O2. The number of nitrogens with zero attached hydrogens (tertiary/aromatic N) is 3. The van der Waals surface area contributed by atoms with Gasteiger partial charge in [-0.05, 0) is 42.0 Å². The van der Waals surface area contributed by atoms with Crippen LogP contribution in [0.4, 0.5) is 10.5 Å². The van der Waals surface area contributed by atoms with Crippen LogP contribution in [-0.2, 0) is 4.79 Å². The molecule has 3 rings (SSSR count). The number of hydrazone groups is 1. The second-order valence-corrected chi connectivity index (χ2v) is 7.57. The van der Waals surface area contributed by atoms with Gasteiger partial charge in [0.05, 0.1) is 12.3 Å². The van der Waals surface area contributed by atoms with Crippen molar-refractivity contribution in [1.29, 1.82) is 0 Å². The molecule has 1 N–H and O–H groups in total. The normalized spacial score (nSPS) is 15.9. The number of halogens is 2. The fourth-order valence-corrected chi connectivity index (χ4v) is 3.12. The van der Waals surface area contributed by atoms with E-state index in [1.165, 1.54) is 9.91 Å². The summed E-state index contributed by atoms with van der Waals surface area (Å²) in [4.78, 5) is 26.4. The molecule has 0 aliphatic carbocycles. The first kappa shape index (κ1) is 20.2. The van der Waals surface area contributed by atoms with Gasteiger partial charge in [-0.15, -0.1) is 0 Å². The lowest BCUT2D eigenvalue weighted by atomic mass is 9.94. The number of hydrogen-bond acceptors (Lipinski definition) is 3. The minimum Gasteiger partial charge on any atom is -0.349 e. The Hall–Kier alpha value is -2.57. The fraction of sp³-hybridized carbons (Fsp3) is 0.250. The monoisotopic (exact) mass is 418 g/mol. The van der Waals surface area contributed by atoms with Crippen LogP contribution in [0.1, 0.15) is 12.0 Å². The van der Waals surface area contributed by atoms with Crippen molar-refractivity contribution in [2.24, 2.45) is 11.0 Å². The van der Waals surface area contributed by atoms with E-state index in [-0.39, 0.29) is 24.3 Å². The number of rotatable bonds is 4. The zero-order valence-electron chi connectivity index (χ0n) is 15.5. The third-order valence-corrected chi connectivity index (χ3v) is 4.90. The molecule has 0 fully saturated rings. The molecule has 8 heteroatoms. The lowest BCUT2D eigenvalue weighted by Crippen LogP contribution is -2.33. The van der Waals surface area contributed by atoms with E-state index < -0.39 is 0 Å². The Balaban J connectivity index is 1.81. The largest absolute Gasteiger partial charge is 0.349 e. The summed E-state index contributed by atoms with van der Waals surface area (Å²) >= 11 is 11.9. The Morgan fingerprint density at radius 1 is 1.07 bits per heavy atom. The predicted octanol–water partition coefficient (Wildman–Crippen LogP) is 4.34. The average Bonchev–Trinajstić information content (AvgIpc) is 3.08. The minimum absolute atomic E-state index is 0.0216. The van der Waals surface area contributed by atoms with Crippen molar-refractivity contribution in [2.45, 2.75) is 6.42 Å². The number of carbonyl (C=O) groups excluding carboxylic acids is 2. The molecule has 1 aliphatic heterocycles. The molecule has 1 atom stereocenters. The van der Waals surface area contributed by atoms with Crippen molar-refractivity contribution < 1.29 is 9.59 Å². The molecule has 1 aliphatic rings. The quantitative estimate of drug-likeness (QED) is 0.802. The van der Waals surface area contributed by atoms with Gasteiger partial charge in [0, 0.05) is 42.2 Å². The SMILES string of the molecule is CN(C)C(=O)CC1CN(C(=O)Nc2ccc(Cl)cc2)N=C1c1ccc(Cl)cc1. The van der Waals surface area contributed by atoms with E-state index >= 15 is 0 Å². The first-order valence-electron chi connectivity index (χ1n) is 8.72. The van der Waals surface area contributed by atoms with Gasteiger partial charge in [-0.25, -0.2) is 9.80 Å². The lowest BCUT2D eigenvalue weighted by Gasteiger charge is -2.17. The van der Waals surface area contributed by atoms with Gasteiger partial charge in [0.2, 0.25) is 5.91 Å². The Morgan fingerprint density at radius 2 is 1.64 bits per heavy atom. The topological polar surface area (TPSA) is 65.0 Å². The third-order valence-electron chi connectivity index (χ3n) is 4.40. The molecule has 0 saturated carbocycles. The van der Waals surface area contributed by atoms with Crippen molar-refractivity contribution >= 4 is 46.5 Å². The van der Waals surface area contributed by atoms with Crippen LogP contribution in [0.5, 0.6) is 0 Å². The molecule has 0 saturated heterocycles. The smallest absolute Gasteiger partial charge is 0.342 e. The van der Waals surface area contributed by atoms with Gasteiger partial charge in [-0.2, -0.15) is 5.10 Å². The average molecular weight is 419 g/mol. The Labute approximate surface area is 173 Å². The summed E-state index contributed by atoms with van der Waals surface area (Å²) in [5, 5.41) is 9.84.